The average molecular weight is 437 g/mol. The van der Waals surface area contributed by atoms with Crippen LogP contribution in [0.5, 0.6) is 0 Å². The highest BCUT2D eigenvalue weighted by Crippen LogP contribution is 2.22. The van der Waals surface area contributed by atoms with E-state index in [0.717, 1.165) is 5.56 Å². The molecule has 168 valence electrons. The summed E-state index contributed by atoms with van der Waals surface area (Å²) < 4.78 is 0. The van der Waals surface area contributed by atoms with Crippen molar-refractivity contribution in [2.45, 2.75) is 44.7 Å². The summed E-state index contributed by atoms with van der Waals surface area (Å²) in [7, 11) is 0. The van der Waals surface area contributed by atoms with Gasteiger partial charge >= 0.3 is 5.97 Å². The maximum Gasteiger partial charge on any atom is 0.326 e. The lowest BCUT2D eigenvalue weighted by Crippen LogP contribution is -2.46. The molecule has 0 radical (unpaired) electrons. The van der Waals surface area contributed by atoms with Crippen LogP contribution in [0.3, 0.4) is 0 Å². The van der Waals surface area contributed by atoms with Crippen molar-refractivity contribution >= 4 is 23.6 Å². The first kappa shape index (κ1) is 23.2. The van der Waals surface area contributed by atoms with E-state index in [-0.39, 0.29) is 24.0 Å². The molecule has 2 aromatic rings. The second-order valence-electron chi connectivity index (χ2n) is 8.18. The van der Waals surface area contributed by atoms with Crippen molar-refractivity contribution in [3.63, 3.8) is 0 Å². The summed E-state index contributed by atoms with van der Waals surface area (Å²) >= 11 is 0. The number of hydrogen-bond acceptors (Lipinski definition) is 4. The van der Waals surface area contributed by atoms with Gasteiger partial charge in [-0.25, -0.2) is 4.79 Å². The van der Waals surface area contributed by atoms with Gasteiger partial charge in [0.15, 0.2) is 5.78 Å². The fourth-order valence-corrected chi connectivity index (χ4v) is 4.03. The molecule has 3 rings (SSSR count). The van der Waals surface area contributed by atoms with Crippen molar-refractivity contribution in [3.8, 4) is 0 Å². The smallest absolute Gasteiger partial charge is 0.326 e. The first-order valence-electron chi connectivity index (χ1n) is 10.8. The maximum absolute atomic E-state index is 13.2. The predicted molar refractivity (Wildman–Crippen MR) is 119 cm³/mol. The topological polar surface area (TPSA) is 104 Å². The molecule has 3 atom stereocenters. The van der Waals surface area contributed by atoms with Crippen molar-refractivity contribution in [3.05, 3.63) is 71.8 Å². The number of nitrogens with one attached hydrogen (secondary N) is 1. The van der Waals surface area contributed by atoms with Gasteiger partial charge in [0.1, 0.15) is 6.04 Å². The van der Waals surface area contributed by atoms with Crippen LogP contribution in [0.4, 0.5) is 0 Å². The van der Waals surface area contributed by atoms with Gasteiger partial charge in [0.25, 0.3) is 5.91 Å². The Kier molecular flexibility index (Phi) is 7.76. The molecule has 7 heteroatoms. The van der Waals surface area contributed by atoms with Crippen LogP contribution in [0, 0.1) is 5.92 Å². The highest BCUT2D eigenvalue weighted by atomic mass is 16.4. The van der Waals surface area contributed by atoms with Gasteiger partial charge in [-0.2, -0.15) is 0 Å². The van der Waals surface area contributed by atoms with Crippen LogP contribution < -0.4 is 5.32 Å². The number of carbonyl (C=O) groups excluding carboxylic acids is 3. The van der Waals surface area contributed by atoms with E-state index in [1.807, 2.05) is 30.3 Å². The average Bonchev–Trinajstić information content (AvgIpc) is 3.29. The van der Waals surface area contributed by atoms with Crippen LogP contribution in [0.15, 0.2) is 60.7 Å². The molecule has 7 nitrogen and oxygen atoms in total. The zero-order valence-electron chi connectivity index (χ0n) is 18.1. The zero-order valence-corrected chi connectivity index (χ0v) is 18.1. The van der Waals surface area contributed by atoms with E-state index in [0.29, 0.717) is 31.4 Å². The first-order chi connectivity index (χ1) is 15.4. The molecule has 1 aliphatic rings. The van der Waals surface area contributed by atoms with Crippen LogP contribution in [0.1, 0.15) is 42.1 Å². The van der Waals surface area contributed by atoms with Gasteiger partial charge in [0.05, 0.1) is 6.04 Å². The van der Waals surface area contributed by atoms with Gasteiger partial charge < -0.3 is 15.3 Å². The number of amides is 2. The fraction of sp³-hybridized carbons (Fsp3) is 0.360. The Morgan fingerprint density at radius 1 is 1.03 bits per heavy atom. The summed E-state index contributed by atoms with van der Waals surface area (Å²) in [6.07, 6.45) is 1.29. The number of benzene rings is 2. The minimum atomic E-state index is -1.02. The van der Waals surface area contributed by atoms with Crippen LogP contribution in [0.2, 0.25) is 0 Å². The zero-order chi connectivity index (χ0) is 23.1. The van der Waals surface area contributed by atoms with Gasteiger partial charge in [0, 0.05) is 24.4 Å². The summed E-state index contributed by atoms with van der Waals surface area (Å²) in [6, 6.07) is 16.4. The van der Waals surface area contributed by atoms with Gasteiger partial charge in [-0.15, -0.1) is 0 Å². The normalized spacial score (nSPS) is 17.4. The fourth-order valence-electron chi connectivity index (χ4n) is 4.03. The third kappa shape index (κ3) is 5.81. The first-order valence-corrected chi connectivity index (χ1v) is 10.8. The van der Waals surface area contributed by atoms with Crippen LogP contribution >= 0.6 is 0 Å². The number of nitrogens with zero attached hydrogens (tertiary/aromatic N) is 1. The standard InChI is InChI=1S/C25H28N2O5/c1-17(24(30)27-14-8-13-21(27)25(31)32)15-22(28)20(16-18-9-4-2-5-10-18)26-23(29)19-11-6-3-7-12-19/h2-7,9-12,17,20-21H,8,13-16H2,1H3,(H,26,29)(H,31,32)/t17-,20-,21+/m1/s1. The van der Waals surface area contributed by atoms with E-state index >= 15 is 0 Å². The molecule has 1 aliphatic heterocycles. The molecule has 2 aromatic carbocycles. The molecule has 0 saturated carbocycles. The number of Topliss-reactive ketones (excluding diaryl/α,β-unsaturated/α-hetero) is 1. The van der Waals surface area contributed by atoms with E-state index in [1.165, 1.54) is 4.90 Å². The number of aliphatic carboxylic acids is 1. The molecular formula is C25H28N2O5. The number of hydrogen-bond donors (Lipinski definition) is 2. The van der Waals surface area contributed by atoms with Crippen molar-refractivity contribution in [1.82, 2.24) is 10.2 Å². The van der Waals surface area contributed by atoms with Crippen molar-refractivity contribution in [1.29, 1.82) is 0 Å². The SMILES string of the molecule is C[C@H](CC(=O)[C@@H](Cc1ccccc1)NC(=O)c1ccccc1)C(=O)N1CCC[C@H]1C(=O)O. The van der Waals surface area contributed by atoms with Crippen molar-refractivity contribution in [2.75, 3.05) is 6.54 Å². The molecule has 2 amide bonds. The number of likely N-dealkylation sites (tertiary alicyclic amines) is 1. The maximum atomic E-state index is 13.2. The van der Waals surface area contributed by atoms with Crippen LogP contribution in [-0.2, 0) is 20.8 Å². The summed E-state index contributed by atoms with van der Waals surface area (Å²) in [5.74, 6) is -2.65. The van der Waals surface area contributed by atoms with Crippen LogP contribution in [-0.4, -0.2) is 52.2 Å². The van der Waals surface area contributed by atoms with Gasteiger partial charge in [0.2, 0.25) is 5.91 Å². The van der Waals surface area contributed by atoms with E-state index in [9.17, 15) is 24.3 Å². The third-order valence-corrected chi connectivity index (χ3v) is 5.76. The van der Waals surface area contributed by atoms with Gasteiger partial charge in [-0.3, -0.25) is 14.4 Å². The summed E-state index contributed by atoms with van der Waals surface area (Å²) in [4.78, 5) is 51.5. The Morgan fingerprint density at radius 2 is 1.66 bits per heavy atom. The Labute approximate surface area is 187 Å². The lowest BCUT2D eigenvalue weighted by Gasteiger charge is -2.26. The summed E-state index contributed by atoms with van der Waals surface area (Å²) in [5.41, 5.74) is 1.34. The Morgan fingerprint density at radius 3 is 2.28 bits per heavy atom. The molecule has 1 heterocycles. The quantitative estimate of drug-likeness (QED) is 0.629. The number of rotatable bonds is 9. The number of carboxylic acids is 1. The molecule has 1 fully saturated rings. The number of carboxylic acid groups (broad SMARTS) is 1. The van der Waals surface area contributed by atoms with Crippen molar-refractivity contribution < 1.29 is 24.3 Å². The molecule has 32 heavy (non-hydrogen) atoms. The lowest BCUT2D eigenvalue weighted by atomic mass is 9.94. The minimum Gasteiger partial charge on any atom is -0.480 e. The van der Waals surface area contributed by atoms with E-state index < -0.39 is 24.0 Å². The monoisotopic (exact) mass is 436 g/mol. The largest absolute Gasteiger partial charge is 0.480 e. The number of ketones is 1. The van der Waals surface area contributed by atoms with E-state index in [1.54, 1.807) is 37.3 Å². The third-order valence-electron chi connectivity index (χ3n) is 5.76. The molecular weight excluding hydrogens is 408 g/mol. The molecule has 0 spiro atoms. The van der Waals surface area contributed by atoms with Crippen LogP contribution in [0.25, 0.3) is 0 Å². The number of carbonyl (C=O) groups is 4. The summed E-state index contributed by atoms with van der Waals surface area (Å²) in [5, 5.41) is 12.2. The Balaban J connectivity index is 1.71. The van der Waals surface area contributed by atoms with E-state index in [4.69, 9.17) is 0 Å². The van der Waals surface area contributed by atoms with Gasteiger partial charge in [-0.05, 0) is 37.0 Å². The molecule has 2 N–H and O–H groups in total. The molecule has 0 aliphatic carbocycles. The second kappa shape index (κ2) is 10.7. The van der Waals surface area contributed by atoms with Gasteiger partial charge in [-0.1, -0.05) is 55.5 Å². The molecule has 0 bridgehead atoms. The Bertz CT molecular complexity index is 961. The second-order valence-corrected chi connectivity index (χ2v) is 8.18. The Hall–Kier alpha value is -3.48. The molecule has 0 aromatic heterocycles. The predicted octanol–water partition coefficient (Wildman–Crippen LogP) is 2.70. The minimum absolute atomic E-state index is 0.0752. The van der Waals surface area contributed by atoms with Crippen molar-refractivity contribution in [2.24, 2.45) is 5.92 Å². The summed E-state index contributed by atoms with van der Waals surface area (Å²) in [6.45, 7) is 2.02. The lowest BCUT2D eigenvalue weighted by molar-refractivity contribution is -0.150. The highest BCUT2D eigenvalue weighted by Gasteiger charge is 2.37. The highest BCUT2D eigenvalue weighted by molar-refractivity contribution is 5.99. The molecule has 1 saturated heterocycles. The van der Waals surface area contributed by atoms with E-state index in [2.05, 4.69) is 5.32 Å². The molecule has 0 unspecified atom stereocenters.